The van der Waals surface area contributed by atoms with Crippen LogP contribution in [0.3, 0.4) is 0 Å². The Labute approximate surface area is 90.6 Å². The van der Waals surface area contributed by atoms with Crippen molar-refractivity contribution in [1.82, 2.24) is 0 Å². The highest BCUT2D eigenvalue weighted by Gasteiger charge is 2.10. The third-order valence-corrected chi connectivity index (χ3v) is 1.78. The summed E-state index contributed by atoms with van der Waals surface area (Å²) < 4.78 is 0. The number of nitriles is 1. The van der Waals surface area contributed by atoms with Crippen LogP contribution in [0, 0.1) is 11.3 Å². The Bertz CT molecular complexity index is 434. The van der Waals surface area contributed by atoms with Crippen molar-refractivity contribution in [1.29, 1.82) is 5.26 Å². The number of hydrogen-bond acceptors (Lipinski definition) is 4. The van der Waals surface area contributed by atoms with Crippen LogP contribution in [-0.4, -0.2) is 16.8 Å². The van der Waals surface area contributed by atoms with Crippen molar-refractivity contribution in [2.75, 3.05) is 5.32 Å². The van der Waals surface area contributed by atoms with Crippen LogP contribution in [0.25, 0.3) is 0 Å². The van der Waals surface area contributed by atoms with Gasteiger partial charge in [-0.3, -0.25) is 4.79 Å². The van der Waals surface area contributed by atoms with Gasteiger partial charge in [-0.1, -0.05) is 16.8 Å². The molecule has 0 aliphatic carbocycles. The second kappa shape index (κ2) is 4.98. The maximum absolute atomic E-state index is 11.2. The van der Waals surface area contributed by atoms with Crippen LogP contribution in [0.15, 0.2) is 29.4 Å². The van der Waals surface area contributed by atoms with E-state index in [1.165, 1.54) is 6.07 Å². The molecule has 2 N–H and O–H groups in total. The second-order valence-electron chi connectivity index (χ2n) is 2.52. The van der Waals surface area contributed by atoms with E-state index in [0.717, 1.165) is 0 Å². The van der Waals surface area contributed by atoms with E-state index in [0.29, 0.717) is 10.7 Å². The zero-order valence-electron chi connectivity index (χ0n) is 7.44. The molecule has 76 valence electrons. The summed E-state index contributed by atoms with van der Waals surface area (Å²) in [5, 5.41) is 22.1. The predicted octanol–water partition coefficient (Wildman–Crippen LogP) is 1.63. The van der Waals surface area contributed by atoms with Crippen molar-refractivity contribution in [3.05, 3.63) is 29.3 Å². The minimum atomic E-state index is -0.776. The Morgan fingerprint density at radius 1 is 1.47 bits per heavy atom. The average molecular weight is 224 g/mol. The van der Waals surface area contributed by atoms with Crippen LogP contribution in [0.5, 0.6) is 0 Å². The van der Waals surface area contributed by atoms with E-state index in [-0.39, 0.29) is 0 Å². The molecule has 15 heavy (non-hydrogen) atoms. The highest BCUT2D eigenvalue weighted by Crippen LogP contribution is 2.13. The van der Waals surface area contributed by atoms with E-state index >= 15 is 0 Å². The quantitative estimate of drug-likeness (QED) is 0.454. The Kier molecular flexibility index (Phi) is 3.66. The highest BCUT2D eigenvalue weighted by atomic mass is 35.5. The standard InChI is InChI=1S/C9H6ClN3O2/c10-6-1-3-7(4-2-6)12-9(14)8(5-11)13-15/h1-4,15H,(H,12,14)/b13-8-. The summed E-state index contributed by atoms with van der Waals surface area (Å²) in [6.45, 7) is 0. The fourth-order valence-corrected chi connectivity index (χ4v) is 0.968. The van der Waals surface area contributed by atoms with Crippen molar-refractivity contribution in [3.8, 4) is 6.07 Å². The Morgan fingerprint density at radius 3 is 2.53 bits per heavy atom. The normalized spacial score (nSPS) is 10.5. The van der Waals surface area contributed by atoms with Gasteiger partial charge in [0.15, 0.2) is 0 Å². The molecule has 1 aromatic rings. The summed E-state index contributed by atoms with van der Waals surface area (Å²) in [5.41, 5.74) is -0.147. The lowest BCUT2D eigenvalue weighted by molar-refractivity contribution is -0.110. The monoisotopic (exact) mass is 223 g/mol. The van der Waals surface area contributed by atoms with Crippen molar-refractivity contribution in [3.63, 3.8) is 0 Å². The SMILES string of the molecule is N#C/C(=N/O)C(=O)Nc1ccc(Cl)cc1. The molecule has 0 radical (unpaired) electrons. The first-order chi connectivity index (χ1) is 7.17. The molecule has 0 atom stereocenters. The molecule has 0 saturated heterocycles. The third kappa shape index (κ3) is 2.97. The first-order valence-electron chi connectivity index (χ1n) is 3.86. The number of nitrogens with zero attached hydrogens (tertiary/aromatic N) is 2. The van der Waals surface area contributed by atoms with Gasteiger partial charge in [-0.25, -0.2) is 0 Å². The van der Waals surface area contributed by atoms with E-state index in [1.807, 2.05) is 0 Å². The summed E-state index contributed by atoms with van der Waals surface area (Å²) in [6.07, 6.45) is 0. The average Bonchev–Trinajstić information content (AvgIpc) is 2.23. The number of nitrogens with one attached hydrogen (secondary N) is 1. The van der Waals surface area contributed by atoms with E-state index in [4.69, 9.17) is 22.1 Å². The van der Waals surface area contributed by atoms with Gasteiger partial charge >= 0.3 is 0 Å². The number of anilines is 1. The lowest BCUT2D eigenvalue weighted by Crippen LogP contribution is -2.21. The smallest absolute Gasteiger partial charge is 0.288 e. The highest BCUT2D eigenvalue weighted by molar-refractivity contribution is 6.48. The molecule has 5 nitrogen and oxygen atoms in total. The summed E-state index contributed by atoms with van der Waals surface area (Å²) >= 11 is 5.64. The summed E-state index contributed by atoms with van der Waals surface area (Å²) in [5.74, 6) is -0.776. The molecule has 0 bridgehead atoms. The molecule has 6 heteroatoms. The van der Waals surface area contributed by atoms with Crippen molar-refractivity contribution in [2.24, 2.45) is 5.16 Å². The van der Waals surface area contributed by atoms with Gasteiger partial charge in [0, 0.05) is 10.7 Å². The van der Waals surface area contributed by atoms with Gasteiger partial charge in [0.25, 0.3) is 5.91 Å². The van der Waals surface area contributed by atoms with Gasteiger partial charge in [0.1, 0.15) is 6.07 Å². The van der Waals surface area contributed by atoms with Crippen LogP contribution in [0.2, 0.25) is 5.02 Å². The van der Waals surface area contributed by atoms with Crippen LogP contribution < -0.4 is 5.32 Å². The van der Waals surface area contributed by atoms with Crippen molar-refractivity contribution >= 4 is 28.9 Å². The molecular weight excluding hydrogens is 218 g/mol. The number of amides is 1. The van der Waals surface area contributed by atoms with E-state index in [2.05, 4.69) is 10.5 Å². The number of carbonyl (C=O) groups excluding carboxylic acids is 1. The number of halogens is 1. The van der Waals surface area contributed by atoms with Crippen LogP contribution in [-0.2, 0) is 4.79 Å². The summed E-state index contributed by atoms with van der Waals surface area (Å²) in [6, 6.07) is 7.73. The van der Waals surface area contributed by atoms with E-state index in [9.17, 15) is 4.79 Å². The third-order valence-electron chi connectivity index (χ3n) is 1.52. The summed E-state index contributed by atoms with van der Waals surface area (Å²) in [4.78, 5) is 11.2. The van der Waals surface area contributed by atoms with E-state index < -0.39 is 11.6 Å². The molecule has 0 aromatic heterocycles. The Morgan fingerprint density at radius 2 is 2.07 bits per heavy atom. The lowest BCUT2D eigenvalue weighted by atomic mass is 10.3. The molecule has 0 aliphatic heterocycles. The van der Waals surface area contributed by atoms with Gasteiger partial charge < -0.3 is 10.5 Å². The number of hydrogen-bond donors (Lipinski definition) is 2. The number of rotatable bonds is 2. The molecule has 0 aliphatic rings. The molecule has 1 amide bonds. The van der Waals surface area contributed by atoms with Crippen LogP contribution in [0.4, 0.5) is 5.69 Å². The molecule has 1 rings (SSSR count). The summed E-state index contributed by atoms with van der Waals surface area (Å²) in [7, 11) is 0. The minimum Gasteiger partial charge on any atom is -0.410 e. The second-order valence-corrected chi connectivity index (χ2v) is 2.96. The van der Waals surface area contributed by atoms with Crippen LogP contribution >= 0.6 is 11.6 Å². The zero-order chi connectivity index (χ0) is 11.3. The predicted molar refractivity (Wildman–Crippen MR) is 54.9 cm³/mol. The molecular formula is C9H6ClN3O2. The molecule has 0 fully saturated rings. The Balaban J connectivity index is 2.76. The molecule has 1 aromatic carbocycles. The van der Waals surface area contributed by atoms with Crippen LogP contribution in [0.1, 0.15) is 0 Å². The number of oxime groups is 1. The first kappa shape index (κ1) is 11.0. The number of carbonyl (C=O) groups is 1. The van der Waals surface area contributed by atoms with Crippen molar-refractivity contribution in [2.45, 2.75) is 0 Å². The fourth-order valence-electron chi connectivity index (χ4n) is 0.842. The largest absolute Gasteiger partial charge is 0.410 e. The zero-order valence-corrected chi connectivity index (χ0v) is 8.19. The minimum absolute atomic E-state index is 0.459. The van der Waals surface area contributed by atoms with Crippen molar-refractivity contribution < 1.29 is 10.0 Å². The molecule has 0 heterocycles. The fraction of sp³-hybridized carbons (Fsp3) is 0. The van der Waals surface area contributed by atoms with E-state index in [1.54, 1.807) is 24.3 Å². The molecule has 0 spiro atoms. The van der Waals surface area contributed by atoms with Gasteiger partial charge in [0.2, 0.25) is 5.71 Å². The Hall–Kier alpha value is -2.06. The maximum atomic E-state index is 11.2. The molecule has 0 saturated carbocycles. The first-order valence-corrected chi connectivity index (χ1v) is 4.24. The van der Waals surface area contributed by atoms with Gasteiger partial charge in [-0.15, -0.1) is 0 Å². The van der Waals surface area contributed by atoms with Gasteiger partial charge in [-0.2, -0.15) is 5.26 Å². The topological polar surface area (TPSA) is 85.5 Å². The van der Waals surface area contributed by atoms with Gasteiger partial charge in [0.05, 0.1) is 0 Å². The maximum Gasteiger partial charge on any atom is 0.288 e. The lowest BCUT2D eigenvalue weighted by Gasteiger charge is -2.01. The molecule has 0 unspecified atom stereocenters. The number of benzene rings is 1. The van der Waals surface area contributed by atoms with Gasteiger partial charge in [-0.05, 0) is 24.3 Å².